The first-order valence-corrected chi connectivity index (χ1v) is 5.75. The van der Waals surface area contributed by atoms with Crippen molar-refractivity contribution in [3.63, 3.8) is 0 Å². The maximum Gasteiger partial charge on any atom is 0.306 e. The molecule has 92 valence electrons. The highest BCUT2D eigenvalue weighted by Gasteiger charge is 2.28. The summed E-state index contributed by atoms with van der Waals surface area (Å²) in [6, 6.07) is 2.70. The molecule has 2 nitrogen and oxygen atoms in total. The van der Waals surface area contributed by atoms with Crippen LogP contribution in [0.2, 0.25) is 0 Å². The third kappa shape index (κ3) is 2.30. The standard InChI is InChI=1S/C13H14F2O2/c1-2-17-12(16)7-8-3-4-10-9(8)5-6-11(14)13(10)15/h5-6,8H,2-4,7H2,1H3. The first-order valence-electron chi connectivity index (χ1n) is 5.75. The molecule has 1 aliphatic rings. The second kappa shape index (κ2) is 4.82. The van der Waals surface area contributed by atoms with Gasteiger partial charge >= 0.3 is 5.97 Å². The summed E-state index contributed by atoms with van der Waals surface area (Å²) in [5.74, 6) is -1.91. The predicted octanol–water partition coefficient (Wildman–Crippen LogP) is 2.95. The second-order valence-electron chi connectivity index (χ2n) is 4.17. The van der Waals surface area contributed by atoms with Gasteiger partial charge < -0.3 is 4.74 Å². The maximum absolute atomic E-state index is 13.5. The Morgan fingerprint density at radius 2 is 2.24 bits per heavy atom. The van der Waals surface area contributed by atoms with Crippen molar-refractivity contribution < 1.29 is 18.3 Å². The quantitative estimate of drug-likeness (QED) is 0.759. The van der Waals surface area contributed by atoms with Crippen LogP contribution in [0.15, 0.2) is 12.1 Å². The molecule has 0 radical (unpaired) electrons. The van der Waals surface area contributed by atoms with Crippen molar-refractivity contribution in [2.45, 2.75) is 32.1 Å². The lowest BCUT2D eigenvalue weighted by Crippen LogP contribution is -2.08. The van der Waals surface area contributed by atoms with Gasteiger partial charge in [0.15, 0.2) is 11.6 Å². The number of hydrogen-bond donors (Lipinski definition) is 0. The van der Waals surface area contributed by atoms with Crippen LogP contribution in [0.4, 0.5) is 8.78 Å². The molecular formula is C13H14F2O2. The third-order valence-electron chi connectivity index (χ3n) is 3.13. The zero-order valence-electron chi connectivity index (χ0n) is 9.63. The molecule has 0 aromatic heterocycles. The van der Waals surface area contributed by atoms with E-state index >= 15 is 0 Å². The van der Waals surface area contributed by atoms with Crippen molar-refractivity contribution in [3.05, 3.63) is 34.9 Å². The highest BCUT2D eigenvalue weighted by molar-refractivity contribution is 5.71. The van der Waals surface area contributed by atoms with Crippen LogP contribution in [-0.2, 0) is 16.0 Å². The summed E-state index contributed by atoms with van der Waals surface area (Å²) < 4.78 is 31.4. The van der Waals surface area contributed by atoms with Crippen LogP contribution in [0.25, 0.3) is 0 Å². The number of ether oxygens (including phenoxy) is 1. The van der Waals surface area contributed by atoms with Crippen LogP contribution in [-0.4, -0.2) is 12.6 Å². The Kier molecular flexibility index (Phi) is 3.41. The molecule has 1 aliphatic carbocycles. The smallest absolute Gasteiger partial charge is 0.306 e. The zero-order valence-corrected chi connectivity index (χ0v) is 9.63. The summed E-state index contributed by atoms with van der Waals surface area (Å²) in [6.07, 6.45) is 1.41. The van der Waals surface area contributed by atoms with Crippen molar-refractivity contribution >= 4 is 5.97 Å². The number of hydrogen-bond acceptors (Lipinski definition) is 2. The van der Waals surface area contributed by atoms with E-state index in [9.17, 15) is 13.6 Å². The molecule has 0 aliphatic heterocycles. The average molecular weight is 240 g/mol. The zero-order chi connectivity index (χ0) is 12.4. The van der Waals surface area contributed by atoms with Gasteiger partial charge in [-0.3, -0.25) is 4.79 Å². The van der Waals surface area contributed by atoms with Gasteiger partial charge in [0, 0.05) is 0 Å². The molecule has 0 amide bonds. The highest BCUT2D eigenvalue weighted by atomic mass is 19.2. The minimum Gasteiger partial charge on any atom is -0.466 e. The maximum atomic E-state index is 13.5. The van der Waals surface area contributed by atoms with Gasteiger partial charge in [-0.1, -0.05) is 6.07 Å². The van der Waals surface area contributed by atoms with Gasteiger partial charge in [-0.25, -0.2) is 8.78 Å². The van der Waals surface area contributed by atoms with E-state index in [1.807, 2.05) is 0 Å². The average Bonchev–Trinajstić information content (AvgIpc) is 2.68. The summed E-state index contributed by atoms with van der Waals surface area (Å²) in [6.45, 7) is 2.09. The first-order chi connectivity index (χ1) is 8.13. The fourth-order valence-corrected chi connectivity index (χ4v) is 2.35. The molecule has 2 rings (SSSR count). The highest BCUT2D eigenvalue weighted by Crippen LogP contribution is 2.37. The molecule has 0 fully saturated rings. The number of carbonyl (C=O) groups is 1. The number of carbonyl (C=O) groups excluding carboxylic acids is 1. The molecule has 0 saturated carbocycles. The van der Waals surface area contributed by atoms with Crippen LogP contribution in [0, 0.1) is 11.6 Å². The van der Waals surface area contributed by atoms with Crippen molar-refractivity contribution in [1.82, 2.24) is 0 Å². The normalized spacial score (nSPS) is 17.9. The fourth-order valence-electron chi connectivity index (χ4n) is 2.35. The largest absolute Gasteiger partial charge is 0.466 e. The predicted molar refractivity (Wildman–Crippen MR) is 58.7 cm³/mol. The van der Waals surface area contributed by atoms with E-state index in [1.165, 1.54) is 0 Å². The molecule has 1 aromatic rings. The molecule has 1 unspecified atom stereocenters. The van der Waals surface area contributed by atoms with E-state index in [1.54, 1.807) is 13.0 Å². The van der Waals surface area contributed by atoms with E-state index in [0.29, 0.717) is 25.0 Å². The second-order valence-corrected chi connectivity index (χ2v) is 4.17. The Bertz CT molecular complexity index is 443. The molecule has 0 heterocycles. The van der Waals surface area contributed by atoms with Crippen LogP contribution in [0.5, 0.6) is 0 Å². The SMILES string of the molecule is CCOC(=O)CC1CCc2c1ccc(F)c2F. The number of benzene rings is 1. The minimum atomic E-state index is -0.819. The van der Waals surface area contributed by atoms with Crippen molar-refractivity contribution in [2.75, 3.05) is 6.61 Å². The number of halogens is 2. The topological polar surface area (TPSA) is 26.3 Å². The Morgan fingerprint density at radius 3 is 2.94 bits per heavy atom. The minimum absolute atomic E-state index is 0.0425. The van der Waals surface area contributed by atoms with E-state index in [0.717, 1.165) is 11.6 Å². The Hall–Kier alpha value is -1.45. The van der Waals surface area contributed by atoms with Gasteiger partial charge in [0.25, 0.3) is 0 Å². The van der Waals surface area contributed by atoms with Gasteiger partial charge in [-0.2, -0.15) is 0 Å². The van der Waals surface area contributed by atoms with Crippen molar-refractivity contribution in [1.29, 1.82) is 0 Å². The molecule has 1 atom stereocenters. The summed E-state index contributed by atoms with van der Waals surface area (Å²) in [5.41, 5.74) is 1.16. The van der Waals surface area contributed by atoms with Crippen LogP contribution < -0.4 is 0 Å². The molecule has 0 saturated heterocycles. The van der Waals surface area contributed by atoms with Gasteiger partial charge in [0.05, 0.1) is 13.0 Å². The number of esters is 1. The lowest BCUT2D eigenvalue weighted by atomic mass is 9.98. The van der Waals surface area contributed by atoms with Crippen molar-refractivity contribution in [3.8, 4) is 0 Å². The van der Waals surface area contributed by atoms with E-state index < -0.39 is 11.6 Å². The Labute approximate surface area is 98.6 Å². The van der Waals surface area contributed by atoms with Gasteiger partial charge in [0.2, 0.25) is 0 Å². The first kappa shape index (κ1) is 12.0. The van der Waals surface area contributed by atoms with Crippen LogP contribution >= 0.6 is 0 Å². The lowest BCUT2D eigenvalue weighted by Gasteiger charge is -2.10. The van der Waals surface area contributed by atoms with Gasteiger partial charge in [-0.05, 0) is 42.9 Å². The Balaban J connectivity index is 2.17. The summed E-state index contributed by atoms with van der Waals surface area (Å²) in [7, 11) is 0. The molecule has 0 spiro atoms. The van der Waals surface area contributed by atoms with Crippen LogP contribution in [0.1, 0.15) is 36.8 Å². The number of rotatable bonds is 3. The van der Waals surface area contributed by atoms with E-state index in [-0.39, 0.29) is 18.3 Å². The third-order valence-corrected chi connectivity index (χ3v) is 3.13. The lowest BCUT2D eigenvalue weighted by molar-refractivity contribution is -0.143. The van der Waals surface area contributed by atoms with Crippen molar-refractivity contribution in [2.24, 2.45) is 0 Å². The summed E-state index contributed by atoms with van der Waals surface area (Å²) in [5, 5.41) is 0. The van der Waals surface area contributed by atoms with E-state index in [4.69, 9.17) is 4.74 Å². The fraction of sp³-hybridized carbons (Fsp3) is 0.462. The molecule has 0 N–H and O–H groups in total. The Morgan fingerprint density at radius 1 is 1.47 bits per heavy atom. The molecular weight excluding hydrogens is 226 g/mol. The molecule has 0 bridgehead atoms. The van der Waals surface area contributed by atoms with E-state index in [2.05, 4.69) is 0 Å². The van der Waals surface area contributed by atoms with Crippen LogP contribution in [0.3, 0.4) is 0 Å². The summed E-state index contributed by atoms with van der Waals surface area (Å²) >= 11 is 0. The monoisotopic (exact) mass is 240 g/mol. The van der Waals surface area contributed by atoms with Gasteiger partial charge in [-0.15, -0.1) is 0 Å². The number of fused-ring (bicyclic) bond motifs is 1. The molecule has 1 aromatic carbocycles. The molecule has 4 heteroatoms. The summed E-state index contributed by atoms with van der Waals surface area (Å²) in [4.78, 5) is 11.4. The van der Waals surface area contributed by atoms with Gasteiger partial charge in [0.1, 0.15) is 0 Å². The molecule has 17 heavy (non-hydrogen) atoms.